The Labute approximate surface area is 151 Å². The molecule has 3 heterocycles. The number of likely N-dealkylation sites (tertiary alicyclic amines) is 2. The molecular formula is C21H30N2O2. The van der Waals surface area contributed by atoms with Gasteiger partial charge in [-0.15, -0.1) is 0 Å². The van der Waals surface area contributed by atoms with Gasteiger partial charge in [-0.25, -0.2) is 0 Å². The normalized spacial score (nSPS) is 26.7. The van der Waals surface area contributed by atoms with E-state index in [0.29, 0.717) is 11.8 Å². The number of amides is 1. The Morgan fingerprint density at radius 2 is 2.08 bits per heavy atom. The molecule has 3 aliphatic rings. The van der Waals surface area contributed by atoms with E-state index in [4.69, 9.17) is 4.74 Å². The molecule has 0 N–H and O–H groups in total. The van der Waals surface area contributed by atoms with Crippen LogP contribution in [0.2, 0.25) is 0 Å². The summed E-state index contributed by atoms with van der Waals surface area (Å²) in [4.78, 5) is 17.4. The third kappa shape index (κ3) is 3.61. The second-order valence-corrected chi connectivity index (χ2v) is 8.22. The van der Waals surface area contributed by atoms with Crippen LogP contribution >= 0.6 is 0 Å². The van der Waals surface area contributed by atoms with E-state index in [-0.39, 0.29) is 5.54 Å². The van der Waals surface area contributed by atoms with E-state index in [1.165, 1.54) is 24.1 Å². The molecule has 1 aromatic rings. The predicted octanol–water partition coefficient (Wildman–Crippen LogP) is 2.99. The van der Waals surface area contributed by atoms with E-state index in [1.54, 1.807) is 0 Å². The van der Waals surface area contributed by atoms with Crippen molar-refractivity contribution in [3.8, 4) is 0 Å². The second kappa shape index (κ2) is 7.08. The molecule has 1 spiro atoms. The second-order valence-electron chi connectivity index (χ2n) is 8.22. The van der Waals surface area contributed by atoms with E-state index in [9.17, 15) is 4.79 Å². The lowest BCUT2D eigenvalue weighted by atomic mass is 9.84. The zero-order chi connectivity index (χ0) is 17.3. The van der Waals surface area contributed by atoms with Gasteiger partial charge in [0.1, 0.15) is 0 Å². The quantitative estimate of drug-likeness (QED) is 0.843. The van der Waals surface area contributed by atoms with Gasteiger partial charge in [0.25, 0.3) is 0 Å². The largest absolute Gasteiger partial charge is 0.381 e. The van der Waals surface area contributed by atoms with Crippen molar-refractivity contribution in [3.63, 3.8) is 0 Å². The average Bonchev–Trinajstić information content (AvgIpc) is 3.21. The third-order valence-corrected chi connectivity index (χ3v) is 6.43. The highest BCUT2D eigenvalue weighted by molar-refractivity contribution is 5.79. The van der Waals surface area contributed by atoms with E-state index >= 15 is 0 Å². The topological polar surface area (TPSA) is 32.8 Å². The molecule has 4 heteroatoms. The highest BCUT2D eigenvalue weighted by Crippen LogP contribution is 2.40. The van der Waals surface area contributed by atoms with Crippen molar-refractivity contribution in [2.75, 3.05) is 32.8 Å². The molecule has 0 aromatic heterocycles. The summed E-state index contributed by atoms with van der Waals surface area (Å²) in [6.07, 6.45) is 5.22. The summed E-state index contributed by atoms with van der Waals surface area (Å²) in [6, 6.07) is 8.59. The van der Waals surface area contributed by atoms with Crippen LogP contribution in [-0.4, -0.2) is 54.1 Å². The standard InChI is InChI=1S/C21H30N2O2/c1-17-3-2-4-18(13-17)15-23-20(24)5-7-21(23)8-10-22(11-9-21)14-19-6-12-25-16-19/h2-4,13,19H,5-12,14-16H2,1H3/t19-/m1/s1. The smallest absolute Gasteiger partial charge is 0.223 e. The van der Waals surface area contributed by atoms with Gasteiger partial charge in [0.05, 0.1) is 6.61 Å². The number of hydrogen-bond acceptors (Lipinski definition) is 3. The molecule has 0 unspecified atom stereocenters. The van der Waals surface area contributed by atoms with Crippen molar-refractivity contribution < 1.29 is 9.53 Å². The maximum Gasteiger partial charge on any atom is 0.223 e. The maximum absolute atomic E-state index is 12.6. The van der Waals surface area contributed by atoms with Crippen molar-refractivity contribution in [2.24, 2.45) is 5.92 Å². The zero-order valence-corrected chi connectivity index (χ0v) is 15.4. The van der Waals surface area contributed by atoms with Crippen LogP contribution in [0.1, 0.15) is 43.2 Å². The van der Waals surface area contributed by atoms with Crippen LogP contribution in [0.4, 0.5) is 0 Å². The molecule has 0 radical (unpaired) electrons. The molecule has 136 valence electrons. The maximum atomic E-state index is 12.6. The fourth-order valence-electron chi connectivity index (χ4n) is 4.89. The Morgan fingerprint density at radius 1 is 1.24 bits per heavy atom. The number of rotatable bonds is 4. The molecule has 0 saturated carbocycles. The van der Waals surface area contributed by atoms with Crippen LogP contribution < -0.4 is 0 Å². The number of carbonyl (C=O) groups excluding carboxylic acids is 1. The molecule has 3 aliphatic heterocycles. The molecule has 1 amide bonds. The van der Waals surface area contributed by atoms with Crippen LogP contribution in [0.15, 0.2) is 24.3 Å². The lowest BCUT2D eigenvalue weighted by Crippen LogP contribution is -2.53. The van der Waals surface area contributed by atoms with Crippen molar-refractivity contribution >= 4 is 5.91 Å². The summed E-state index contributed by atoms with van der Waals surface area (Å²) in [7, 11) is 0. The van der Waals surface area contributed by atoms with Crippen molar-refractivity contribution in [1.29, 1.82) is 0 Å². The van der Waals surface area contributed by atoms with Gasteiger partial charge in [0.2, 0.25) is 5.91 Å². The summed E-state index contributed by atoms with van der Waals surface area (Å²) in [6.45, 7) is 8.16. The number of piperidine rings is 1. The first-order chi connectivity index (χ1) is 12.1. The molecule has 3 fully saturated rings. The molecule has 4 rings (SSSR count). The monoisotopic (exact) mass is 342 g/mol. The Balaban J connectivity index is 1.41. The minimum Gasteiger partial charge on any atom is -0.381 e. The summed E-state index contributed by atoms with van der Waals surface area (Å²) in [5.41, 5.74) is 2.63. The Kier molecular flexibility index (Phi) is 4.83. The molecule has 0 aliphatic carbocycles. The van der Waals surface area contributed by atoms with Crippen molar-refractivity contribution in [1.82, 2.24) is 9.80 Å². The van der Waals surface area contributed by atoms with Crippen LogP contribution in [0, 0.1) is 12.8 Å². The number of benzene rings is 1. The van der Waals surface area contributed by atoms with Gasteiger partial charge in [-0.1, -0.05) is 29.8 Å². The Morgan fingerprint density at radius 3 is 2.80 bits per heavy atom. The lowest BCUT2D eigenvalue weighted by molar-refractivity contribution is -0.133. The van der Waals surface area contributed by atoms with Crippen LogP contribution in [0.3, 0.4) is 0 Å². The van der Waals surface area contributed by atoms with Crippen molar-refractivity contribution in [2.45, 2.75) is 51.1 Å². The highest BCUT2D eigenvalue weighted by Gasteiger charge is 2.46. The summed E-state index contributed by atoms with van der Waals surface area (Å²) >= 11 is 0. The van der Waals surface area contributed by atoms with E-state index in [1.807, 2.05) is 0 Å². The molecular weight excluding hydrogens is 312 g/mol. The molecule has 1 atom stereocenters. The average molecular weight is 342 g/mol. The first kappa shape index (κ1) is 17.0. The lowest BCUT2D eigenvalue weighted by Gasteiger charge is -2.45. The SMILES string of the molecule is Cc1cccc(CN2C(=O)CCC23CCN(C[C@H]2CCOC2)CC3)c1. The Bertz CT molecular complexity index is 616. The van der Waals surface area contributed by atoms with E-state index < -0.39 is 0 Å². The number of aryl methyl sites for hydroxylation is 1. The Hall–Kier alpha value is -1.39. The van der Waals surface area contributed by atoms with Gasteiger partial charge in [0, 0.05) is 44.7 Å². The minimum atomic E-state index is 0.101. The molecule has 3 saturated heterocycles. The summed E-state index contributed by atoms with van der Waals surface area (Å²) in [5, 5.41) is 0. The van der Waals surface area contributed by atoms with Crippen LogP contribution in [0.25, 0.3) is 0 Å². The highest BCUT2D eigenvalue weighted by atomic mass is 16.5. The van der Waals surface area contributed by atoms with Gasteiger partial charge in [0.15, 0.2) is 0 Å². The van der Waals surface area contributed by atoms with Gasteiger partial charge < -0.3 is 14.5 Å². The van der Waals surface area contributed by atoms with E-state index in [0.717, 1.165) is 58.5 Å². The fourth-order valence-corrected chi connectivity index (χ4v) is 4.89. The van der Waals surface area contributed by atoms with Gasteiger partial charge in [-0.2, -0.15) is 0 Å². The number of hydrogen-bond donors (Lipinski definition) is 0. The van der Waals surface area contributed by atoms with Crippen LogP contribution in [0.5, 0.6) is 0 Å². The van der Waals surface area contributed by atoms with Crippen molar-refractivity contribution in [3.05, 3.63) is 35.4 Å². The first-order valence-electron chi connectivity index (χ1n) is 9.81. The van der Waals surface area contributed by atoms with E-state index in [2.05, 4.69) is 41.0 Å². The summed E-state index contributed by atoms with van der Waals surface area (Å²) < 4.78 is 5.52. The van der Waals surface area contributed by atoms with Gasteiger partial charge in [-0.05, 0) is 44.1 Å². The van der Waals surface area contributed by atoms with Crippen LogP contribution in [-0.2, 0) is 16.1 Å². The molecule has 4 nitrogen and oxygen atoms in total. The summed E-state index contributed by atoms with van der Waals surface area (Å²) in [5.74, 6) is 1.06. The van der Waals surface area contributed by atoms with Gasteiger partial charge >= 0.3 is 0 Å². The molecule has 1 aromatic carbocycles. The number of ether oxygens (including phenoxy) is 1. The fraction of sp³-hybridized carbons (Fsp3) is 0.667. The molecule has 0 bridgehead atoms. The first-order valence-corrected chi connectivity index (χ1v) is 9.81. The number of carbonyl (C=O) groups is 1. The minimum absolute atomic E-state index is 0.101. The predicted molar refractivity (Wildman–Crippen MR) is 98.3 cm³/mol. The van der Waals surface area contributed by atoms with Gasteiger partial charge in [-0.3, -0.25) is 4.79 Å². The number of nitrogens with zero attached hydrogens (tertiary/aromatic N) is 2. The zero-order valence-electron chi connectivity index (χ0n) is 15.4. The molecule has 25 heavy (non-hydrogen) atoms. The third-order valence-electron chi connectivity index (χ3n) is 6.43.